The number of amides is 3. The number of rotatable bonds is 7. The number of nitrogens with zero attached hydrogens (tertiary/aromatic N) is 2. The van der Waals surface area contributed by atoms with E-state index in [0.717, 1.165) is 11.0 Å². The summed E-state index contributed by atoms with van der Waals surface area (Å²) < 4.78 is 41.6. The molecule has 202 valence electrons. The van der Waals surface area contributed by atoms with Crippen molar-refractivity contribution in [2.45, 2.75) is 49.7 Å². The van der Waals surface area contributed by atoms with Gasteiger partial charge in [0.05, 0.1) is 0 Å². The summed E-state index contributed by atoms with van der Waals surface area (Å²) in [7, 11) is 0. The lowest BCUT2D eigenvalue weighted by Crippen LogP contribution is -2.56. The molecule has 1 aliphatic carbocycles. The fraction of sp³-hybridized carbons (Fsp3) is 0.276. The smallest absolute Gasteiger partial charge is 0.252 e. The molecule has 5 rings (SSSR count). The van der Waals surface area contributed by atoms with Crippen LogP contribution in [-0.2, 0) is 14.4 Å². The molecule has 0 unspecified atom stereocenters. The monoisotopic (exact) mass is 555 g/mol. The molecule has 1 N–H and O–H groups in total. The average molecular weight is 556 g/mol. The van der Waals surface area contributed by atoms with Crippen LogP contribution in [0.4, 0.5) is 24.5 Å². The van der Waals surface area contributed by atoms with Crippen molar-refractivity contribution in [1.82, 2.24) is 5.32 Å². The zero-order chi connectivity index (χ0) is 27.7. The molecule has 2 aliphatic rings. The lowest BCUT2D eigenvalue weighted by atomic mass is 9.87. The number of benzene rings is 3. The first-order valence-corrected chi connectivity index (χ1v) is 12.9. The third-order valence-corrected chi connectivity index (χ3v) is 7.34. The number of carbonyl (C=O) groups is 3. The van der Waals surface area contributed by atoms with E-state index in [0.29, 0.717) is 5.69 Å². The molecule has 1 saturated carbocycles. The molecule has 0 bridgehead atoms. The van der Waals surface area contributed by atoms with Crippen molar-refractivity contribution in [3.8, 4) is 0 Å². The third kappa shape index (κ3) is 5.49. The number of alkyl halides is 2. The second-order valence-electron chi connectivity index (χ2n) is 9.74. The van der Waals surface area contributed by atoms with Gasteiger partial charge in [-0.2, -0.15) is 0 Å². The number of hydrogen-bond acceptors (Lipinski definition) is 3. The summed E-state index contributed by atoms with van der Waals surface area (Å²) in [5, 5.41) is 2.77. The minimum Gasteiger partial charge on any atom is -0.351 e. The molecular formula is C29H25ClF3N3O3. The van der Waals surface area contributed by atoms with Crippen LogP contribution in [0.2, 0.25) is 5.02 Å². The average Bonchev–Trinajstić information content (AvgIpc) is 3.28. The van der Waals surface area contributed by atoms with E-state index in [9.17, 15) is 27.6 Å². The predicted octanol–water partition coefficient (Wildman–Crippen LogP) is 5.66. The Labute approximate surface area is 228 Å². The molecule has 39 heavy (non-hydrogen) atoms. The van der Waals surface area contributed by atoms with Crippen LogP contribution in [0.25, 0.3) is 0 Å². The molecular weight excluding hydrogens is 531 g/mol. The summed E-state index contributed by atoms with van der Waals surface area (Å²) in [6.07, 6.45) is -0.784. The highest BCUT2D eigenvalue weighted by molar-refractivity contribution is 6.31. The minimum atomic E-state index is -2.88. The topological polar surface area (TPSA) is 69.7 Å². The molecule has 3 aromatic rings. The Kier molecular flexibility index (Phi) is 7.36. The first-order chi connectivity index (χ1) is 18.6. The van der Waals surface area contributed by atoms with E-state index in [4.69, 9.17) is 11.6 Å². The fourth-order valence-electron chi connectivity index (χ4n) is 5.16. The van der Waals surface area contributed by atoms with Gasteiger partial charge in [0.15, 0.2) is 0 Å². The van der Waals surface area contributed by atoms with Gasteiger partial charge in [-0.15, -0.1) is 0 Å². The molecule has 3 aromatic carbocycles. The number of halogens is 4. The van der Waals surface area contributed by atoms with Crippen molar-refractivity contribution in [3.05, 3.63) is 95.3 Å². The van der Waals surface area contributed by atoms with Crippen LogP contribution in [0.3, 0.4) is 0 Å². The van der Waals surface area contributed by atoms with Crippen molar-refractivity contribution in [2.75, 3.05) is 9.80 Å². The van der Waals surface area contributed by atoms with Gasteiger partial charge in [-0.25, -0.2) is 13.2 Å². The highest BCUT2D eigenvalue weighted by Gasteiger charge is 2.48. The van der Waals surface area contributed by atoms with Crippen LogP contribution in [0.5, 0.6) is 0 Å². The third-order valence-electron chi connectivity index (χ3n) is 7.00. The summed E-state index contributed by atoms with van der Waals surface area (Å²) in [5.74, 6) is -5.17. The van der Waals surface area contributed by atoms with Crippen molar-refractivity contribution < 1.29 is 27.6 Å². The van der Waals surface area contributed by atoms with Crippen LogP contribution >= 0.6 is 11.6 Å². The maximum Gasteiger partial charge on any atom is 0.252 e. The van der Waals surface area contributed by atoms with Gasteiger partial charge in [-0.05, 0) is 42.8 Å². The minimum absolute atomic E-state index is 0.0615. The predicted molar refractivity (Wildman–Crippen MR) is 141 cm³/mol. The molecule has 10 heteroatoms. The molecule has 1 saturated heterocycles. The number of hydrogen-bond donors (Lipinski definition) is 1. The molecule has 6 nitrogen and oxygen atoms in total. The van der Waals surface area contributed by atoms with Gasteiger partial charge >= 0.3 is 0 Å². The second-order valence-corrected chi connectivity index (χ2v) is 10.1. The van der Waals surface area contributed by atoms with Gasteiger partial charge in [-0.1, -0.05) is 54.1 Å². The lowest BCUT2D eigenvalue weighted by Gasteiger charge is -2.39. The summed E-state index contributed by atoms with van der Waals surface area (Å²) >= 11 is 6.49. The van der Waals surface area contributed by atoms with Gasteiger partial charge < -0.3 is 5.32 Å². The Morgan fingerprint density at radius 2 is 1.69 bits per heavy atom. The highest BCUT2D eigenvalue weighted by atomic mass is 35.5. The maximum absolute atomic E-state index is 14.5. The van der Waals surface area contributed by atoms with Crippen LogP contribution in [-0.4, -0.2) is 35.7 Å². The van der Waals surface area contributed by atoms with Crippen molar-refractivity contribution in [3.63, 3.8) is 0 Å². The zero-order valence-corrected chi connectivity index (χ0v) is 21.5. The first-order valence-electron chi connectivity index (χ1n) is 12.5. The van der Waals surface area contributed by atoms with Crippen molar-refractivity contribution in [2.24, 2.45) is 0 Å². The molecule has 0 aromatic heterocycles. The van der Waals surface area contributed by atoms with Gasteiger partial charge in [0.1, 0.15) is 17.9 Å². The highest BCUT2D eigenvalue weighted by Crippen LogP contribution is 2.40. The Hall–Kier alpha value is -3.85. The van der Waals surface area contributed by atoms with Crippen molar-refractivity contribution in [1.29, 1.82) is 0 Å². The van der Waals surface area contributed by atoms with Crippen LogP contribution < -0.4 is 15.1 Å². The van der Waals surface area contributed by atoms with E-state index in [1.807, 2.05) is 0 Å². The molecule has 2 atom stereocenters. The Bertz CT molecular complexity index is 1400. The van der Waals surface area contributed by atoms with Crippen molar-refractivity contribution >= 4 is 40.7 Å². The van der Waals surface area contributed by atoms with Gasteiger partial charge in [0, 0.05) is 47.3 Å². The number of nitrogens with one attached hydrogen (secondary N) is 1. The van der Waals surface area contributed by atoms with E-state index in [2.05, 4.69) is 5.32 Å². The number of anilines is 2. The van der Waals surface area contributed by atoms with Gasteiger partial charge in [0.2, 0.25) is 11.8 Å². The number of para-hydroxylation sites is 1. The standard InChI is InChI=1S/C29H25ClF3N3O3/c30-23-12-5-4-11-22(23)26(27(38)34-19-16-29(32,33)17-19)36(21-10-6-7-18(31)15-21)28(39)24-13-14-25(37)35(24)20-8-2-1-3-9-20/h1-12,15,19,24,26H,13-14,16-17H2,(H,34,38)/t24-,26-/m0/s1. The SMILES string of the molecule is O=C(NC1CC(F)(F)C1)[C@H](c1ccccc1Cl)N(C(=O)[C@@H]1CCC(=O)N1c1ccccc1)c1cccc(F)c1. The molecule has 0 radical (unpaired) electrons. The first kappa shape index (κ1) is 26.7. The summed E-state index contributed by atoms with van der Waals surface area (Å²) in [5.41, 5.74) is 0.801. The largest absolute Gasteiger partial charge is 0.351 e. The fourth-order valence-corrected chi connectivity index (χ4v) is 5.40. The molecule has 2 fully saturated rings. The molecule has 0 spiro atoms. The zero-order valence-electron chi connectivity index (χ0n) is 20.7. The van der Waals surface area contributed by atoms with E-state index < -0.39 is 54.5 Å². The summed E-state index contributed by atoms with van der Waals surface area (Å²) in [6.45, 7) is 0. The van der Waals surface area contributed by atoms with Crippen LogP contribution in [0.15, 0.2) is 78.9 Å². The number of carbonyl (C=O) groups excluding carboxylic acids is 3. The Morgan fingerprint density at radius 3 is 2.36 bits per heavy atom. The van der Waals surface area contributed by atoms with Crippen LogP contribution in [0, 0.1) is 5.82 Å². The van der Waals surface area contributed by atoms with Gasteiger partial charge in [-0.3, -0.25) is 24.2 Å². The maximum atomic E-state index is 14.5. The molecule has 1 heterocycles. The molecule has 3 amide bonds. The normalized spacial score (nSPS) is 19.3. The Morgan fingerprint density at radius 1 is 1.00 bits per heavy atom. The Balaban J connectivity index is 1.60. The van der Waals surface area contributed by atoms with Crippen LogP contribution in [0.1, 0.15) is 37.3 Å². The van der Waals surface area contributed by atoms with Gasteiger partial charge in [0.25, 0.3) is 11.8 Å². The van der Waals surface area contributed by atoms with E-state index in [-0.39, 0.29) is 35.0 Å². The van der Waals surface area contributed by atoms with E-state index in [1.54, 1.807) is 48.5 Å². The molecule has 1 aliphatic heterocycles. The second kappa shape index (κ2) is 10.7. The quantitative estimate of drug-likeness (QED) is 0.409. The van der Waals surface area contributed by atoms with E-state index in [1.165, 1.54) is 29.2 Å². The lowest BCUT2D eigenvalue weighted by molar-refractivity contribution is -0.133. The van der Waals surface area contributed by atoms with E-state index >= 15 is 0 Å². The summed E-state index contributed by atoms with van der Waals surface area (Å²) in [4.78, 5) is 43.5. The summed E-state index contributed by atoms with van der Waals surface area (Å²) in [6, 6.07) is 17.0.